The third-order valence-corrected chi connectivity index (χ3v) is 4.80. The van der Waals surface area contributed by atoms with Crippen LogP contribution in [0, 0.1) is 0 Å². The molecule has 0 radical (unpaired) electrons. The van der Waals surface area contributed by atoms with E-state index in [1.54, 1.807) is 60.7 Å². The number of aliphatic hydroxyl groups is 1. The number of amides is 1. The van der Waals surface area contributed by atoms with Crippen molar-refractivity contribution in [3.05, 3.63) is 88.3 Å². The van der Waals surface area contributed by atoms with Gasteiger partial charge >= 0.3 is 0 Å². The van der Waals surface area contributed by atoms with Crippen molar-refractivity contribution >= 4 is 34.8 Å². The molecule has 0 bridgehead atoms. The Labute approximate surface area is 176 Å². The Morgan fingerprint density at radius 3 is 2.52 bits per heavy atom. The molecule has 7 heteroatoms. The maximum absolute atomic E-state index is 12.6. The van der Waals surface area contributed by atoms with Gasteiger partial charge in [-0.3, -0.25) is 4.79 Å². The first-order chi connectivity index (χ1) is 14.0. The quantitative estimate of drug-likeness (QED) is 0.394. The molecule has 2 aromatic carbocycles. The first-order valence-electron chi connectivity index (χ1n) is 8.70. The average molecular weight is 428 g/mol. The van der Waals surface area contributed by atoms with Gasteiger partial charge in [0, 0.05) is 21.8 Å². The Balaban J connectivity index is 1.53. The monoisotopic (exact) mass is 427 g/mol. The molecule has 4 aromatic rings. The number of furan rings is 2. The van der Waals surface area contributed by atoms with Crippen LogP contribution in [0.15, 0.2) is 75.6 Å². The van der Waals surface area contributed by atoms with Crippen molar-refractivity contribution in [1.82, 2.24) is 0 Å². The lowest BCUT2D eigenvalue weighted by Crippen LogP contribution is -2.10. The number of rotatable bonds is 5. The van der Waals surface area contributed by atoms with E-state index in [9.17, 15) is 4.79 Å². The molecule has 2 N–H and O–H groups in total. The Hall–Kier alpha value is -2.99. The molecule has 0 aliphatic heterocycles. The summed E-state index contributed by atoms with van der Waals surface area (Å²) in [5.74, 6) is 1.30. The van der Waals surface area contributed by atoms with Crippen molar-refractivity contribution in [3.63, 3.8) is 0 Å². The molecule has 2 aromatic heterocycles. The molecule has 0 atom stereocenters. The summed E-state index contributed by atoms with van der Waals surface area (Å²) in [7, 11) is 0. The SMILES string of the molecule is O=C(Nc1cccc(-c2ccc(CO)o2)c1)c1ccc(-c2ccc(Cl)cc2Cl)o1. The van der Waals surface area contributed by atoms with Gasteiger partial charge in [0.15, 0.2) is 5.76 Å². The number of anilines is 1. The van der Waals surface area contributed by atoms with Crippen LogP contribution >= 0.6 is 23.2 Å². The normalized spacial score (nSPS) is 10.9. The Morgan fingerprint density at radius 1 is 0.931 bits per heavy atom. The van der Waals surface area contributed by atoms with E-state index in [2.05, 4.69) is 5.32 Å². The summed E-state index contributed by atoms with van der Waals surface area (Å²) in [6, 6.07) is 19.0. The summed E-state index contributed by atoms with van der Waals surface area (Å²) >= 11 is 12.1. The van der Waals surface area contributed by atoms with Gasteiger partial charge in [0.2, 0.25) is 0 Å². The lowest BCUT2D eigenvalue weighted by Gasteiger charge is -2.05. The molecular weight excluding hydrogens is 413 g/mol. The third-order valence-electron chi connectivity index (χ3n) is 4.25. The molecule has 0 spiro atoms. The lowest BCUT2D eigenvalue weighted by atomic mass is 10.1. The van der Waals surface area contributed by atoms with E-state index >= 15 is 0 Å². The van der Waals surface area contributed by atoms with Crippen LogP contribution in [0.4, 0.5) is 5.69 Å². The summed E-state index contributed by atoms with van der Waals surface area (Å²) < 4.78 is 11.2. The fourth-order valence-corrected chi connectivity index (χ4v) is 3.36. The molecule has 29 heavy (non-hydrogen) atoms. The number of carbonyl (C=O) groups is 1. The van der Waals surface area contributed by atoms with Gasteiger partial charge in [0.25, 0.3) is 5.91 Å². The molecule has 0 aliphatic carbocycles. The van der Waals surface area contributed by atoms with Crippen molar-refractivity contribution in [2.24, 2.45) is 0 Å². The number of halogens is 2. The maximum atomic E-state index is 12.6. The predicted molar refractivity (Wildman–Crippen MR) is 112 cm³/mol. The van der Waals surface area contributed by atoms with Crippen LogP contribution in [0.1, 0.15) is 16.3 Å². The summed E-state index contributed by atoms with van der Waals surface area (Å²) in [4.78, 5) is 12.6. The van der Waals surface area contributed by atoms with Gasteiger partial charge in [0.1, 0.15) is 23.9 Å². The molecule has 5 nitrogen and oxygen atoms in total. The molecule has 1 amide bonds. The number of nitrogens with one attached hydrogen (secondary N) is 1. The highest BCUT2D eigenvalue weighted by Gasteiger charge is 2.15. The fourth-order valence-electron chi connectivity index (χ4n) is 2.85. The Bertz CT molecular complexity index is 1180. The van der Waals surface area contributed by atoms with Crippen molar-refractivity contribution in [2.45, 2.75) is 6.61 Å². The summed E-state index contributed by atoms with van der Waals surface area (Å²) in [5.41, 5.74) is 2.00. The number of benzene rings is 2. The summed E-state index contributed by atoms with van der Waals surface area (Å²) in [6.07, 6.45) is 0. The van der Waals surface area contributed by atoms with Gasteiger partial charge in [-0.1, -0.05) is 35.3 Å². The predicted octanol–water partition coefficient (Wildman–Crippen LogP) is 6.26. The average Bonchev–Trinajstić information content (AvgIpc) is 3.38. The second kappa shape index (κ2) is 8.17. The molecule has 0 fully saturated rings. The van der Waals surface area contributed by atoms with Gasteiger partial charge < -0.3 is 19.3 Å². The van der Waals surface area contributed by atoms with Gasteiger partial charge in [0.05, 0.1) is 5.02 Å². The van der Waals surface area contributed by atoms with E-state index < -0.39 is 5.91 Å². The number of hydrogen-bond donors (Lipinski definition) is 2. The Kier molecular flexibility index (Phi) is 5.45. The van der Waals surface area contributed by atoms with Crippen LogP contribution in [0.25, 0.3) is 22.6 Å². The minimum atomic E-state index is -0.394. The molecule has 146 valence electrons. The topological polar surface area (TPSA) is 75.6 Å². The molecule has 0 aliphatic rings. The van der Waals surface area contributed by atoms with Crippen molar-refractivity contribution in [1.29, 1.82) is 0 Å². The smallest absolute Gasteiger partial charge is 0.291 e. The molecule has 4 rings (SSSR count). The highest BCUT2D eigenvalue weighted by Crippen LogP contribution is 2.32. The van der Waals surface area contributed by atoms with E-state index in [0.717, 1.165) is 5.56 Å². The van der Waals surface area contributed by atoms with Crippen LogP contribution in [0.3, 0.4) is 0 Å². The minimum absolute atomic E-state index is 0.150. The van der Waals surface area contributed by atoms with Crippen LogP contribution < -0.4 is 5.32 Å². The van der Waals surface area contributed by atoms with Crippen molar-refractivity contribution in [3.8, 4) is 22.6 Å². The molecule has 0 saturated carbocycles. The zero-order valence-corrected chi connectivity index (χ0v) is 16.5. The standard InChI is InChI=1S/C22H15Cl2NO4/c23-14-4-6-17(18(24)11-14)20-8-9-21(29-20)22(27)25-15-3-1-2-13(10-15)19-7-5-16(12-26)28-19/h1-11,26H,12H2,(H,25,27). The van der Waals surface area contributed by atoms with E-state index in [1.807, 2.05) is 6.07 Å². The minimum Gasteiger partial charge on any atom is -0.459 e. The fraction of sp³-hybridized carbons (Fsp3) is 0.0455. The van der Waals surface area contributed by atoms with E-state index in [-0.39, 0.29) is 12.4 Å². The third kappa shape index (κ3) is 4.22. The molecule has 2 heterocycles. The maximum Gasteiger partial charge on any atom is 0.291 e. The van der Waals surface area contributed by atoms with Crippen LogP contribution in [0.2, 0.25) is 10.0 Å². The van der Waals surface area contributed by atoms with Gasteiger partial charge in [-0.25, -0.2) is 0 Å². The van der Waals surface area contributed by atoms with E-state index in [1.165, 1.54) is 0 Å². The van der Waals surface area contributed by atoms with Gasteiger partial charge in [-0.2, -0.15) is 0 Å². The van der Waals surface area contributed by atoms with E-state index in [4.69, 9.17) is 37.1 Å². The summed E-state index contributed by atoms with van der Waals surface area (Å²) in [5, 5.41) is 12.9. The zero-order chi connectivity index (χ0) is 20.4. The first-order valence-corrected chi connectivity index (χ1v) is 9.46. The second-order valence-corrected chi connectivity index (χ2v) is 7.09. The largest absolute Gasteiger partial charge is 0.459 e. The van der Waals surface area contributed by atoms with Gasteiger partial charge in [-0.05, 0) is 54.6 Å². The highest BCUT2D eigenvalue weighted by molar-refractivity contribution is 6.36. The molecule has 0 unspecified atom stereocenters. The molecular formula is C22H15Cl2NO4. The summed E-state index contributed by atoms with van der Waals surface area (Å²) in [6.45, 7) is -0.172. The number of carbonyl (C=O) groups excluding carboxylic acids is 1. The Morgan fingerprint density at radius 2 is 1.76 bits per heavy atom. The first kappa shape index (κ1) is 19.3. The van der Waals surface area contributed by atoms with Crippen LogP contribution in [-0.4, -0.2) is 11.0 Å². The molecule has 0 saturated heterocycles. The lowest BCUT2D eigenvalue weighted by molar-refractivity contribution is 0.0997. The van der Waals surface area contributed by atoms with E-state index in [0.29, 0.717) is 38.6 Å². The van der Waals surface area contributed by atoms with Crippen LogP contribution in [-0.2, 0) is 6.61 Å². The second-order valence-electron chi connectivity index (χ2n) is 6.25. The van der Waals surface area contributed by atoms with Crippen molar-refractivity contribution < 1.29 is 18.7 Å². The zero-order valence-electron chi connectivity index (χ0n) is 15.0. The van der Waals surface area contributed by atoms with Crippen LogP contribution in [0.5, 0.6) is 0 Å². The highest BCUT2D eigenvalue weighted by atomic mass is 35.5. The van der Waals surface area contributed by atoms with Gasteiger partial charge in [-0.15, -0.1) is 0 Å². The number of aliphatic hydroxyl groups excluding tert-OH is 1. The number of hydrogen-bond acceptors (Lipinski definition) is 4. The van der Waals surface area contributed by atoms with Crippen molar-refractivity contribution in [2.75, 3.05) is 5.32 Å².